The fourth-order valence-electron chi connectivity index (χ4n) is 2.74. The maximum absolute atomic E-state index is 4.78. The van der Waals surface area contributed by atoms with Gasteiger partial charge in [-0.3, -0.25) is 9.38 Å². The Labute approximate surface area is 138 Å². The van der Waals surface area contributed by atoms with Crippen LogP contribution < -0.4 is 5.32 Å². The van der Waals surface area contributed by atoms with Gasteiger partial charge in [0.2, 0.25) is 0 Å². The Balaban J connectivity index is 1.90. The van der Waals surface area contributed by atoms with Crippen LogP contribution in [0.25, 0.3) is 16.2 Å². The Morgan fingerprint density at radius 3 is 2.65 bits per heavy atom. The summed E-state index contributed by atoms with van der Waals surface area (Å²) >= 11 is 1.63. The molecule has 5 heteroatoms. The highest BCUT2D eigenvalue weighted by Gasteiger charge is 2.16. The average Bonchev–Trinajstić information content (AvgIpc) is 3.14. The second-order valence-electron chi connectivity index (χ2n) is 5.50. The van der Waals surface area contributed by atoms with Crippen molar-refractivity contribution in [2.75, 3.05) is 5.32 Å². The number of nitrogens with zero attached hydrogens (tertiary/aromatic N) is 3. The molecule has 4 aromatic rings. The Morgan fingerprint density at radius 1 is 1.09 bits per heavy atom. The number of hydrogen-bond acceptors (Lipinski definition) is 4. The largest absolute Gasteiger partial charge is 0.339 e. The molecule has 114 valence electrons. The zero-order valence-corrected chi connectivity index (χ0v) is 13.8. The summed E-state index contributed by atoms with van der Waals surface area (Å²) in [6, 6.07) is 10.3. The van der Waals surface area contributed by atoms with Gasteiger partial charge < -0.3 is 5.32 Å². The van der Waals surface area contributed by atoms with E-state index in [4.69, 9.17) is 4.98 Å². The Kier molecular flexibility index (Phi) is 3.35. The SMILES string of the molecule is Cc1cccc(C)c1Nc1c(-c2cccnc2)nc2sccn12. The molecular formula is C18H16N4S. The minimum atomic E-state index is 0.924. The highest BCUT2D eigenvalue weighted by molar-refractivity contribution is 7.15. The van der Waals surface area contributed by atoms with Crippen LogP contribution in [-0.4, -0.2) is 14.4 Å². The van der Waals surface area contributed by atoms with E-state index in [2.05, 4.69) is 46.7 Å². The number of fused-ring (bicyclic) bond motifs is 1. The maximum Gasteiger partial charge on any atom is 0.195 e. The molecule has 0 atom stereocenters. The van der Waals surface area contributed by atoms with Crippen molar-refractivity contribution in [3.63, 3.8) is 0 Å². The van der Waals surface area contributed by atoms with E-state index in [0.717, 1.165) is 27.7 Å². The van der Waals surface area contributed by atoms with Crippen LogP contribution in [0.1, 0.15) is 11.1 Å². The Bertz CT molecular complexity index is 949. The van der Waals surface area contributed by atoms with Crippen molar-refractivity contribution >= 4 is 27.8 Å². The van der Waals surface area contributed by atoms with Crippen molar-refractivity contribution < 1.29 is 0 Å². The van der Waals surface area contributed by atoms with Crippen LogP contribution in [0.2, 0.25) is 0 Å². The molecule has 23 heavy (non-hydrogen) atoms. The van der Waals surface area contributed by atoms with E-state index in [9.17, 15) is 0 Å². The van der Waals surface area contributed by atoms with Crippen molar-refractivity contribution in [3.8, 4) is 11.3 Å². The normalized spacial score (nSPS) is 11.0. The first kappa shape index (κ1) is 14.0. The van der Waals surface area contributed by atoms with E-state index in [1.54, 1.807) is 17.5 Å². The van der Waals surface area contributed by atoms with Gasteiger partial charge >= 0.3 is 0 Å². The van der Waals surface area contributed by atoms with Crippen LogP contribution >= 0.6 is 11.3 Å². The second kappa shape index (κ2) is 5.52. The van der Waals surface area contributed by atoms with Gasteiger partial charge in [0.1, 0.15) is 11.5 Å². The molecule has 4 nitrogen and oxygen atoms in total. The first-order valence-corrected chi connectivity index (χ1v) is 8.31. The van der Waals surface area contributed by atoms with Gasteiger partial charge in [-0.25, -0.2) is 4.98 Å². The monoisotopic (exact) mass is 320 g/mol. The van der Waals surface area contributed by atoms with E-state index in [0.29, 0.717) is 0 Å². The molecule has 4 rings (SSSR count). The number of nitrogens with one attached hydrogen (secondary N) is 1. The molecule has 0 bridgehead atoms. The van der Waals surface area contributed by atoms with Gasteiger partial charge in [-0.05, 0) is 37.1 Å². The third-order valence-corrected chi connectivity index (χ3v) is 4.68. The summed E-state index contributed by atoms with van der Waals surface area (Å²) in [6.45, 7) is 4.23. The molecule has 0 aliphatic heterocycles. The lowest BCUT2D eigenvalue weighted by molar-refractivity contribution is 1.21. The fourth-order valence-corrected chi connectivity index (χ4v) is 3.45. The highest BCUT2D eigenvalue weighted by atomic mass is 32.1. The van der Waals surface area contributed by atoms with E-state index in [1.165, 1.54) is 11.1 Å². The molecule has 0 saturated heterocycles. The van der Waals surface area contributed by atoms with Crippen LogP contribution in [0.15, 0.2) is 54.3 Å². The maximum atomic E-state index is 4.78. The molecular weight excluding hydrogens is 304 g/mol. The molecule has 0 aliphatic rings. The molecule has 1 N–H and O–H groups in total. The number of benzene rings is 1. The quantitative estimate of drug-likeness (QED) is 0.588. The molecule has 0 fully saturated rings. The molecule has 3 heterocycles. The minimum Gasteiger partial charge on any atom is -0.339 e. The smallest absolute Gasteiger partial charge is 0.195 e. The lowest BCUT2D eigenvalue weighted by atomic mass is 10.1. The highest BCUT2D eigenvalue weighted by Crippen LogP contribution is 2.34. The number of rotatable bonds is 3. The van der Waals surface area contributed by atoms with Gasteiger partial charge in [-0.2, -0.15) is 0 Å². The first-order valence-electron chi connectivity index (χ1n) is 7.43. The van der Waals surface area contributed by atoms with Gasteiger partial charge in [-0.1, -0.05) is 18.2 Å². The molecule has 0 spiro atoms. The summed E-state index contributed by atoms with van der Waals surface area (Å²) in [6.07, 6.45) is 5.67. The predicted octanol–water partition coefficient (Wildman–Crippen LogP) is 4.82. The summed E-state index contributed by atoms with van der Waals surface area (Å²) in [7, 11) is 0. The number of pyridine rings is 1. The van der Waals surface area contributed by atoms with Crippen LogP contribution in [-0.2, 0) is 0 Å². The number of aryl methyl sites for hydroxylation is 2. The average molecular weight is 320 g/mol. The Hall–Kier alpha value is -2.66. The summed E-state index contributed by atoms with van der Waals surface area (Å²) in [5.74, 6) is 0.978. The van der Waals surface area contributed by atoms with Crippen LogP contribution in [0.5, 0.6) is 0 Å². The van der Waals surface area contributed by atoms with Gasteiger partial charge in [0.15, 0.2) is 4.96 Å². The lowest BCUT2D eigenvalue weighted by Gasteiger charge is -2.13. The summed E-state index contributed by atoms with van der Waals surface area (Å²) in [5.41, 5.74) is 5.50. The summed E-state index contributed by atoms with van der Waals surface area (Å²) < 4.78 is 2.10. The van der Waals surface area contributed by atoms with Crippen LogP contribution in [0, 0.1) is 13.8 Å². The third kappa shape index (κ3) is 2.39. The topological polar surface area (TPSA) is 42.2 Å². The van der Waals surface area contributed by atoms with Crippen molar-refractivity contribution in [2.45, 2.75) is 13.8 Å². The molecule has 0 saturated carbocycles. The number of hydrogen-bond donors (Lipinski definition) is 1. The number of aromatic nitrogens is 3. The standard InChI is InChI=1S/C18H16N4S/c1-12-5-3-6-13(2)15(12)20-17-16(14-7-4-8-19-11-14)21-18-22(17)9-10-23-18/h3-11,20H,1-2H3. The number of imidazole rings is 1. The molecule has 0 unspecified atom stereocenters. The lowest BCUT2D eigenvalue weighted by Crippen LogP contribution is -2.00. The van der Waals surface area contributed by atoms with E-state index < -0.39 is 0 Å². The molecule has 0 aliphatic carbocycles. The van der Waals surface area contributed by atoms with Crippen molar-refractivity contribution in [2.24, 2.45) is 0 Å². The Morgan fingerprint density at radius 2 is 1.91 bits per heavy atom. The van der Waals surface area contributed by atoms with Gasteiger partial charge in [-0.15, -0.1) is 11.3 Å². The van der Waals surface area contributed by atoms with Gasteiger partial charge in [0.25, 0.3) is 0 Å². The second-order valence-corrected chi connectivity index (χ2v) is 6.37. The van der Waals surface area contributed by atoms with E-state index >= 15 is 0 Å². The van der Waals surface area contributed by atoms with Crippen LogP contribution in [0.4, 0.5) is 11.5 Å². The fraction of sp³-hybridized carbons (Fsp3) is 0.111. The van der Waals surface area contributed by atoms with Crippen molar-refractivity contribution in [1.82, 2.24) is 14.4 Å². The van der Waals surface area contributed by atoms with Crippen LogP contribution in [0.3, 0.4) is 0 Å². The predicted molar refractivity (Wildman–Crippen MR) is 95.5 cm³/mol. The van der Waals surface area contributed by atoms with Gasteiger partial charge in [0.05, 0.1) is 0 Å². The zero-order valence-electron chi connectivity index (χ0n) is 12.9. The van der Waals surface area contributed by atoms with E-state index in [-0.39, 0.29) is 0 Å². The molecule has 0 radical (unpaired) electrons. The van der Waals surface area contributed by atoms with E-state index in [1.807, 2.05) is 29.9 Å². The summed E-state index contributed by atoms with van der Waals surface area (Å²) in [4.78, 5) is 9.97. The number of thiazole rings is 1. The van der Waals surface area contributed by atoms with Gasteiger partial charge in [0, 0.05) is 35.2 Å². The molecule has 3 aromatic heterocycles. The first-order chi connectivity index (χ1) is 11.2. The minimum absolute atomic E-state index is 0.924. The van der Waals surface area contributed by atoms with Crippen molar-refractivity contribution in [3.05, 3.63) is 65.4 Å². The number of para-hydroxylation sites is 1. The molecule has 0 amide bonds. The summed E-state index contributed by atoms with van der Waals surface area (Å²) in [5, 5.41) is 5.64. The molecule has 1 aromatic carbocycles. The van der Waals surface area contributed by atoms with Crippen molar-refractivity contribution in [1.29, 1.82) is 0 Å². The third-order valence-electron chi connectivity index (χ3n) is 3.92. The zero-order chi connectivity index (χ0) is 15.8. The number of anilines is 2.